The van der Waals surface area contributed by atoms with Gasteiger partial charge in [-0.05, 0) is 27.9 Å². The zero-order valence-corrected chi connectivity index (χ0v) is 11.5. The predicted molar refractivity (Wildman–Crippen MR) is 68.2 cm³/mol. The van der Waals surface area contributed by atoms with Crippen LogP contribution in [-0.4, -0.2) is 80.3 Å². The van der Waals surface area contributed by atoms with Crippen LogP contribution in [0.25, 0.3) is 0 Å². The molecule has 5 heteroatoms. The molecule has 1 heterocycles. The van der Waals surface area contributed by atoms with Crippen molar-refractivity contribution in [1.29, 1.82) is 0 Å². The Hall–Kier alpha value is -0.810. The summed E-state index contributed by atoms with van der Waals surface area (Å²) < 4.78 is 5.27. The van der Waals surface area contributed by atoms with Crippen molar-refractivity contribution in [3.63, 3.8) is 0 Å². The first-order valence-corrected chi connectivity index (χ1v) is 6.34. The fourth-order valence-electron chi connectivity index (χ4n) is 2.20. The van der Waals surface area contributed by atoms with Gasteiger partial charge in [0.15, 0.2) is 0 Å². The third-order valence-corrected chi connectivity index (χ3v) is 3.03. The largest absolute Gasteiger partial charge is 0.378 e. The van der Waals surface area contributed by atoms with Crippen molar-refractivity contribution in [3.8, 4) is 0 Å². The van der Waals surface area contributed by atoms with Gasteiger partial charge < -0.3 is 19.4 Å². The van der Waals surface area contributed by atoms with E-state index in [1.54, 1.807) is 0 Å². The molecule has 1 unspecified atom stereocenters. The maximum atomic E-state index is 12.3. The molecule has 0 aliphatic carbocycles. The number of urea groups is 1. The lowest BCUT2D eigenvalue weighted by Gasteiger charge is -2.36. The molecule has 1 aliphatic rings. The third-order valence-electron chi connectivity index (χ3n) is 3.03. The zero-order valence-electron chi connectivity index (χ0n) is 11.5. The Labute approximate surface area is 104 Å². The summed E-state index contributed by atoms with van der Waals surface area (Å²) in [5, 5.41) is 0. The van der Waals surface area contributed by atoms with E-state index >= 15 is 0 Å². The number of ether oxygens (including phenoxy) is 1. The van der Waals surface area contributed by atoms with Crippen LogP contribution >= 0.6 is 0 Å². The van der Waals surface area contributed by atoms with Gasteiger partial charge in [0.1, 0.15) is 0 Å². The Morgan fingerprint density at radius 3 is 2.41 bits per heavy atom. The number of hydrogen-bond donors (Lipinski definition) is 0. The van der Waals surface area contributed by atoms with Gasteiger partial charge in [0.05, 0.1) is 13.2 Å². The second-order valence-corrected chi connectivity index (χ2v) is 4.78. The number of morpholine rings is 1. The van der Waals surface area contributed by atoms with Gasteiger partial charge in [-0.3, -0.25) is 0 Å². The van der Waals surface area contributed by atoms with Crippen LogP contribution in [0, 0.1) is 0 Å². The number of nitrogens with zero attached hydrogens (tertiary/aromatic N) is 3. The monoisotopic (exact) mass is 243 g/mol. The van der Waals surface area contributed by atoms with Crippen molar-refractivity contribution in [2.75, 3.05) is 53.5 Å². The van der Waals surface area contributed by atoms with E-state index < -0.39 is 0 Å². The van der Waals surface area contributed by atoms with E-state index in [2.05, 4.69) is 11.8 Å². The molecule has 2 amide bonds. The van der Waals surface area contributed by atoms with Crippen LogP contribution in [0.2, 0.25) is 0 Å². The fourth-order valence-corrected chi connectivity index (χ4v) is 2.20. The van der Waals surface area contributed by atoms with Crippen molar-refractivity contribution in [2.45, 2.75) is 19.9 Å². The Bertz CT molecular complexity index is 240. The molecule has 0 aromatic carbocycles. The average Bonchev–Trinajstić information content (AvgIpc) is 2.30. The first-order chi connectivity index (χ1) is 8.06. The summed E-state index contributed by atoms with van der Waals surface area (Å²) in [5.41, 5.74) is 0. The Morgan fingerprint density at radius 2 is 1.94 bits per heavy atom. The molecule has 100 valence electrons. The molecule has 1 rings (SSSR count). The van der Waals surface area contributed by atoms with Gasteiger partial charge in [-0.15, -0.1) is 0 Å². The second-order valence-electron chi connectivity index (χ2n) is 4.78. The quantitative estimate of drug-likeness (QED) is 0.729. The molecule has 1 saturated heterocycles. The van der Waals surface area contributed by atoms with Gasteiger partial charge >= 0.3 is 6.03 Å². The molecule has 5 nitrogen and oxygen atoms in total. The molecule has 0 bridgehead atoms. The molecule has 1 atom stereocenters. The molecule has 1 fully saturated rings. The minimum absolute atomic E-state index is 0.144. The minimum atomic E-state index is 0.144. The maximum Gasteiger partial charge on any atom is 0.320 e. The fraction of sp³-hybridized carbons (Fsp3) is 0.917. The van der Waals surface area contributed by atoms with Crippen LogP contribution in [0.4, 0.5) is 4.79 Å². The van der Waals surface area contributed by atoms with Crippen molar-refractivity contribution < 1.29 is 9.53 Å². The maximum absolute atomic E-state index is 12.3. The first-order valence-electron chi connectivity index (χ1n) is 6.34. The number of amides is 2. The summed E-state index contributed by atoms with van der Waals surface area (Å²) in [6.07, 6.45) is 0. The normalized spacial score (nSPS) is 18.3. The van der Waals surface area contributed by atoms with Crippen LogP contribution in [0.15, 0.2) is 0 Å². The average molecular weight is 243 g/mol. The van der Waals surface area contributed by atoms with Crippen LogP contribution in [-0.2, 0) is 4.74 Å². The van der Waals surface area contributed by atoms with Crippen molar-refractivity contribution >= 4 is 6.03 Å². The van der Waals surface area contributed by atoms with E-state index in [1.165, 1.54) is 0 Å². The van der Waals surface area contributed by atoms with Crippen molar-refractivity contribution in [2.24, 2.45) is 0 Å². The van der Waals surface area contributed by atoms with Gasteiger partial charge in [0.2, 0.25) is 0 Å². The zero-order chi connectivity index (χ0) is 12.8. The summed E-state index contributed by atoms with van der Waals surface area (Å²) in [4.78, 5) is 18.3. The van der Waals surface area contributed by atoms with E-state index in [0.717, 1.165) is 13.1 Å². The van der Waals surface area contributed by atoms with Crippen LogP contribution in [0.5, 0.6) is 0 Å². The van der Waals surface area contributed by atoms with Crippen molar-refractivity contribution in [3.05, 3.63) is 0 Å². The summed E-state index contributed by atoms with van der Waals surface area (Å²) in [6, 6.07) is 0.385. The third kappa shape index (κ3) is 4.16. The van der Waals surface area contributed by atoms with E-state index in [4.69, 9.17) is 4.74 Å². The molecule has 0 aromatic heterocycles. The number of rotatable bonds is 4. The SMILES string of the molecule is CCN(C(=O)N1CCOCC1)C(C)CN(C)C. The molecule has 0 radical (unpaired) electrons. The minimum Gasteiger partial charge on any atom is -0.378 e. The first kappa shape index (κ1) is 14.3. The molecular formula is C12H25N3O2. The smallest absolute Gasteiger partial charge is 0.320 e. The highest BCUT2D eigenvalue weighted by atomic mass is 16.5. The van der Waals surface area contributed by atoms with Crippen LogP contribution in [0.1, 0.15) is 13.8 Å². The molecule has 17 heavy (non-hydrogen) atoms. The number of hydrogen-bond acceptors (Lipinski definition) is 3. The molecule has 0 saturated carbocycles. The lowest BCUT2D eigenvalue weighted by atomic mass is 10.2. The lowest BCUT2D eigenvalue weighted by molar-refractivity contribution is 0.0393. The number of carbonyl (C=O) groups is 1. The number of carbonyl (C=O) groups excluding carboxylic acids is 1. The Balaban J connectivity index is 2.55. The number of likely N-dealkylation sites (N-methyl/N-ethyl adjacent to an activating group) is 2. The summed E-state index contributed by atoms with van der Waals surface area (Å²) in [7, 11) is 4.06. The van der Waals surface area contributed by atoms with E-state index in [0.29, 0.717) is 26.3 Å². The van der Waals surface area contributed by atoms with Crippen molar-refractivity contribution in [1.82, 2.24) is 14.7 Å². The summed E-state index contributed by atoms with van der Waals surface area (Å²) >= 11 is 0. The highest BCUT2D eigenvalue weighted by Crippen LogP contribution is 2.07. The molecule has 0 spiro atoms. The lowest BCUT2D eigenvalue weighted by Crippen LogP contribution is -2.52. The second kappa shape index (κ2) is 6.81. The Morgan fingerprint density at radius 1 is 1.35 bits per heavy atom. The summed E-state index contributed by atoms with van der Waals surface area (Å²) in [6.45, 7) is 8.52. The van der Waals surface area contributed by atoms with Gasteiger partial charge in [0, 0.05) is 32.2 Å². The molecule has 0 aromatic rings. The van der Waals surface area contributed by atoms with E-state index in [-0.39, 0.29) is 12.1 Å². The molecular weight excluding hydrogens is 218 g/mol. The predicted octanol–water partition coefficient (Wildman–Crippen LogP) is 0.711. The topological polar surface area (TPSA) is 36.0 Å². The molecule has 0 N–H and O–H groups in total. The highest BCUT2D eigenvalue weighted by Gasteiger charge is 2.25. The van der Waals surface area contributed by atoms with Gasteiger partial charge in [-0.2, -0.15) is 0 Å². The summed E-state index contributed by atoms with van der Waals surface area (Å²) in [5.74, 6) is 0. The highest BCUT2D eigenvalue weighted by molar-refractivity contribution is 5.74. The Kier molecular flexibility index (Phi) is 5.71. The molecule has 1 aliphatic heterocycles. The van der Waals surface area contributed by atoms with Gasteiger partial charge in [0.25, 0.3) is 0 Å². The van der Waals surface area contributed by atoms with Crippen LogP contribution in [0.3, 0.4) is 0 Å². The van der Waals surface area contributed by atoms with Gasteiger partial charge in [-0.25, -0.2) is 4.79 Å². The van der Waals surface area contributed by atoms with E-state index in [9.17, 15) is 4.79 Å². The standard InChI is InChI=1S/C12H25N3O2/c1-5-15(11(2)10-13(3)4)12(16)14-6-8-17-9-7-14/h11H,5-10H2,1-4H3. The van der Waals surface area contributed by atoms with E-state index in [1.807, 2.05) is 30.8 Å². The van der Waals surface area contributed by atoms with Crippen LogP contribution < -0.4 is 0 Å². The van der Waals surface area contributed by atoms with Gasteiger partial charge in [-0.1, -0.05) is 0 Å².